The fraction of sp³-hybridized carbons (Fsp3) is 0.571. The van der Waals surface area contributed by atoms with Crippen molar-refractivity contribution in [1.82, 2.24) is 20.1 Å². The first-order valence-corrected chi connectivity index (χ1v) is 6.80. The topological polar surface area (TPSA) is 64.7 Å². The maximum Gasteiger partial charge on any atom is 0.276 e. The standard InChI is InChI=1S/C14H16N4O/c1-14(2)7-9(14)12-17-13(19-18-12)10-5-6-15-11(16-10)8-3-4-8/h5-6,8-9H,3-4,7H2,1-2H3. The molecule has 5 heteroatoms. The molecule has 98 valence electrons. The second-order valence-electron chi connectivity index (χ2n) is 6.28. The van der Waals surface area contributed by atoms with E-state index in [9.17, 15) is 0 Å². The van der Waals surface area contributed by atoms with E-state index in [-0.39, 0.29) is 0 Å². The average molecular weight is 256 g/mol. The highest BCUT2D eigenvalue weighted by Gasteiger charge is 2.49. The van der Waals surface area contributed by atoms with Crippen molar-refractivity contribution in [2.45, 2.75) is 44.9 Å². The molecule has 0 spiro atoms. The van der Waals surface area contributed by atoms with Crippen LogP contribution in [0.15, 0.2) is 16.8 Å². The molecule has 5 nitrogen and oxygen atoms in total. The minimum absolute atomic E-state index is 0.311. The molecule has 0 radical (unpaired) electrons. The van der Waals surface area contributed by atoms with Crippen molar-refractivity contribution >= 4 is 0 Å². The van der Waals surface area contributed by atoms with Crippen LogP contribution >= 0.6 is 0 Å². The normalized spacial score (nSPS) is 24.4. The SMILES string of the molecule is CC1(C)CC1c1noc(-c2ccnc(C3CC3)n2)n1. The van der Waals surface area contributed by atoms with Crippen LogP contribution in [0.5, 0.6) is 0 Å². The Morgan fingerprint density at radius 3 is 2.68 bits per heavy atom. The third-order valence-corrected chi connectivity index (χ3v) is 4.10. The van der Waals surface area contributed by atoms with Crippen molar-refractivity contribution in [3.8, 4) is 11.6 Å². The Morgan fingerprint density at radius 2 is 2.00 bits per heavy atom. The predicted octanol–water partition coefficient (Wildman–Crippen LogP) is 2.92. The summed E-state index contributed by atoms with van der Waals surface area (Å²) in [6.07, 6.45) is 5.29. The molecule has 2 aromatic rings. The largest absolute Gasteiger partial charge is 0.332 e. The lowest BCUT2D eigenvalue weighted by atomic mass is 10.1. The summed E-state index contributed by atoms with van der Waals surface area (Å²) in [5.41, 5.74) is 1.06. The zero-order valence-electron chi connectivity index (χ0n) is 11.1. The molecule has 2 aliphatic rings. The Bertz CT molecular complexity index is 630. The zero-order valence-corrected chi connectivity index (χ0v) is 11.1. The van der Waals surface area contributed by atoms with E-state index in [4.69, 9.17) is 4.52 Å². The second-order valence-corrected chi connectivity index (χ2v) is 6.28. The van der Waals surface area contributed by atoms with Gasteiger partial charge in [-0.25, -0.2) is 9.97 Å². The summed E-state index contributed by atoms with van der Waals surface area (Å²) in [5, 5.41) is 4.09. The summed E-state index contributed by atoms with van der Waals surface area (Å²) in [6.45, 7) is 4.45. The summed E-state index contributed by atoms with van der Waals surface area (Å²) < 4.78 is 5.35. The van der Waals surface area contributed by atoms with Crippen LogP contribution < -0.4 is 0 Å². The first kappa shape index (κ1) is 11.1. The molecule has 0 bridgehead atoms. The van der Waals surface area contributed by atoms with E-state index in [1.54, 1.807) is 6.20 Å². The van der Waals surface area contributed by atoms with Gasteiger partial charge in [-0.3, -0.25) is 0 Å². The molecule has 1 atom stereocenters. The van der Waals surface area contributed by atoms with Crippen molar-refractivity contribution in [2.75, 3.05) is 0 Å². The van der Waals surface area contributed by atoms with Crippen LogP contribution in [0.1, 0.15) is 56.6 Å². The van der Waals surface area contributed by atoms with Crippen LogP contribution in [0.3, 0.4) is 0 Å². The maximum atomic E-state index is 5.35. The summed E-state index contributed by atoms with van der Waals surface area (Å²) in [4.78, 5) is 13.3. The van der Waals surface area contributed by atoms with E-state index in [1.165, 1.54) is 12.8 Å². The quantitative estimate of drug-likeness (QED) is 0.844. The van der Waals surface area contributed by atoms with E-state index in [0.29, 0.717) is 23.1 Å². The van der Waals surface area contributed by atoms with E-state index in [2.05, 4.69) is 34.0 Å². The van der Waals surface area contributed by atoms with Gasteiger partial charge in [0.2, 0.25) is 0 Å². The van der Waals surface area contributed by atoms with Crippen LogP contribution in [0.2, 0.25) is 0 Å². The first-order chi connectivity index (χ1) is 9.13. The van der Waals surface area contributed by atoms with Crippen molar-refractivity contribution < 1.29 is 4.52 Å². The molecule has 19 heavy (non-hydrogen) atoms. The molecule has 2 heterocycles. The van der Waals surface area contributed by atoms with Crippen molar-refractivity contribution in [2.24, 2.45) is 5.41 Å². The Balaban J connectivity index is 1.63. The molecule has 0 amide bonds. The first-order valence-electron chi connectivity index (χ1n) is 6.80. The molecule has 4 rings (SSSR count). The van der Waals surface area contributed by atoms with Crippen LogP contribution in [-0.2, 0) is 0 Å². The molecule has 0 aliphatic heterocycles. The van der Waals surface area contributed by atoms with Gasteiger partial charge in [-0.2, -0.15) is 4.98 Å². The van der Waals surface area contributed by atoms with Crippen LogP contribution in [0, 0.1) is 5.41 Å². The zero-order chi connectivity index (χ0) is 13.0. The number of hydrogen-bond acceptors (Lipinski definition) is 5. The Kier molecular flexibility index (Phi) is 2.11. The molecule has 0 N–H and O–H groups in total. The van der Waals surface area contributed by atoms with Gasteiger partial charge in [0.05, 0.1) is 0 Å². The molecule has 2 aliphatic carbocycles. The molecule has 2 saturated carbocycles. The van der Waals surface area contributed by atoms with Crippen molar-refractivity contribution in [1.29, 1.82) is 0 Å². The molecular formula is C14H16N4O. The van der Waals surface area contributed by atoms with Crippen molar-refractivity contribution in [3.05, 3.63) is 23.9 Å². The third kappa shape index (κ3) is 1.93. The van der Waals surface area contributed by atoms with Gasteiger partial charge >= 0.3 is 0 Å². The molecular weight excluding hydrogens is 240 g/mol. The minimum Gasteiger partial charge on any atom is -0.332 e. The summed E-state index contributed by atoms with van der Waals surface area (Å²) in [5.74, 6) is 3.19. The Labute approximate surface area is 111 Å². The Hall–Kier alpha value is -1.78. The summed E-state index contributed by atoms with van der Waals surface area (Å²) >= 11 is 0. The highest BCUT2D eigenvalue weighted by molar-refractivity contribution is 5.46. The highest BCUT2D eigenvalue weighted by atomic mass is 16.5. The van der Waals surface area contributed by atoms with Crippen LogP contribution in [0.4, 0.5) is 0 Å². The van der Waals surface area contributed by atoms with Gasteiger partial charge in [-0.05, 0) is 30.7 Å². The highest BCUT2D eigenvalue weighted by Crippen LogP contribution is 2.57. The lowest BCUT2D eigenvalue weighted by molar-refractivity contribution is 0.418. The number of aromatic nitrogens is 4. The van der Waals surface area contributed by atoms with E-state index in [1.807, 2.05) is 6.07 Å². The van der Waals surface area contributed by atoms with Gasteiger partial charge in [0.15, 0.2) is 5.82 Å². The number of rotatable bonds is 3. The number of hydrogen-bond donors (Lipinski definition) is 0. The van der Waals surface area contributed by atoms with Gasteiger partial charge in [0, 0.05) is 18.0 Å². The minimum atomic E-state index is 0.311. The lowest BCUT2D eigenvalue weighted by Gasteiger charge is -1.97. The van der Waals surface area contributed by atoms with Gasteiger partial charge < -0.3 is 4.52 Å². The summed E-state index contributed by atoms with van der Waals surface area (Å²) in [7, 11) is 0. The fourth-order valence-corrected chi connectivity index (χ4v) is 2.42. The molecule has 0 saturated heterocycles. The van der Waals surface area contributed by atoms with Crippen LogP contribution in [0.25, 0.3) is 11.6 Å². The molecule has 1 unspecified atom stereocenters. The Morgan fingerprint density at radius 1 is 1.21 bits per heavy atom. The van der Waals surface area contributed by atoms with Gasteiger partial charge in [-0.15, -0.1) is 0 Å². The lowest BCUT2D eigenvalue weighted by Crippen LogP contribution is -1.95. The van der Waals surface area contributed by atoms with Gasteiger partial charge in [0.25, 0.3) is 5.89 Å². The predicted molar refractivity (Wildman–Crippen MR) is 68.4 cm³/mol. The molecule has 2 fully saturated rings. The number of nitrogens with zero attached hydrogens (tertiary/aromatic N) is 4. The third-order valence-electron chi connectivity index (χ3n) is 4.10. The summed E-state index contributed by atoms with van der Waals surface area (Å²) in [6, 6.07) is 1.83. The van der Waals surface area contributed by atoms with E-state index < -0.39 is 0 Å². The van der Waals surface area contributed by atoms with Crippen molar-refractivity contribution in [3.63, 3.8) is 0 Å². The van der Waals surface area contributed by atoms with E-state index in [0.717, 1.165) is 23.8 Å². The van der Waals surface area contributed by atoms with Gasteiger partial charge in [-0.1, -0.05) is 19.0 Å². The monoisotopic (exact) mass is 256 g/mol. The van der Waals surface area contributed by atoms with Crippen LogP contribution in [-0.4, -0.2) is 20.1 Å². The molecule has 0 aromatic carbocycles. The maximum absolute atomic E-state index is 5.35. The fourth-order valence-electron chi connectivity index (χ4n) is 2.42. The molecule has 2 aromatic heterocycles. The second kappa shape index (κ2) is 3.62. The smallest absolute Gasteiger partial charge is 0.276 e. The average Bonchev–Trinajstić information content (AvgIpc) is 3.29. The van der Waals surface area contributed by atoms with E-state index >= 15 is 0 Å². The van der Waals surface area contributed by atoms with Gasteiger partial charge in [0.1, 0.15) is 11.5 Å².